The lowest BCUT2D eigenvalue weighted by atomic mass is 10.2. The molecule has 1 fully saturated rings. The number of nitrogens with one attached hydrogen (secondary N) is 1. The molecular formula is C27H25N3O4S2. The van der Waals surface area contributed by atoms with Crippen LogP contribution in [0.3, 0.4) is 0 Å². The first-order valence-corrected chi connectivity index (χ1v) is 12.3. The molecule has 36 heavy (non-hydrogen) atoms. The van der Waals surface area contributed by atoms with Gasteiger partial charge in [-0.2, -0.15) is 0 Å². The van der Waals surface area contributed by atoms with Crippen molar-refractivity contribution >= 4 is 63.3 Å². The topological polar surface area (TPSA) is 71.1 Å². The zero-order chi connectivity index (χ0) is 25.7. The number of thioether (sulfide) groups is 1. The van der Waals surface area contributed by atoms with Gasteiger partial charge in [-0.1, -0.05) is 48.2 Å². The van der Waals surface area contributed by atoms with E-state index in [1.54, 1.807) is 42.4 Å². The van der Waals surface area contributed by atoms with Crippen LogP contribution in [0.25, 0.3) is 6.08 Å². The number of para-hydroxylation sites is 2. The second-order valence-electron chi connectivity index (χ2n) is 8.03. The smallest absolute Gasteiger partial charge is 0.270 e. The SMILES string of the molecule is COc1ccccc1NC(=O)COc1ccc(/C=C2\SC(=S)N(c3ccc(N(C)C)cc3)C2=O)cc1. The minimum Gasteiger partial charge on any atom is -0.495 e. The predicted molar refractivity (Wildman–Crippen MR) is 150 cm³/mol. The lowest BCUT2D eigenvalue weighted by Crippen LogP contribution is -2.27. The molecule has 0 aromatic heterocycles. The van der Waals surface area contributed by atoms with Gasteiger partial charge in [0.25, 0.3) is 11.8 Å². The number of methoxy groups -OCH3 is 1. The number of rotatable bonds is 8. The molecule has 0 spiro atoms. The number of hydrogen-bond acceptors (Lipinski definition) is 7. The van der Waals surface area contributed by atoms with Crippen molar-refractivity contribution in [1.29, 1.82) is 0 Å². The molecule has 0 bridgehead atoms. The van der Waals surface area contributed by atoms with E-state index in [0.29, 0.717) is 26.4 Å². The van der Waals surface area contributed by atoms with Crippen molar-refractivity contribution in [2.24, 2.45) is 0 Å². The molecular weight excluding hydrogens is 494 g/mol. The first-order valence-electron chi connectivity index (χ1n) is 11.1. The highest BCUT2D eigenvalue weighted by molar-refractivity contribution is 8.27. The van der Waals surface area contributed by atoms with Crippen LogP contribution in [0.15, 0.2) is 77.7 Å². The van der Waals surface area contributed by atoms with Gasteiger partial charge in [0.15, 0.2) is 10.9 Å². The van der Waals surface area contributed by atoms with Crippen LogP contribution in [0.2, 0.25) is 0 Å². The molecule has 184 valence electrons. The molecule has 4 rings (SSSR count). The Hall–Kier alpha value is -3.82. The number of carbonyl (C=O) groups excluding carboxylic acids is 2. The number of thiocarbonyl (C=S) groups is 1. The van der Waals surface area contributed by atoms with E-state index in [0.717, 1.165) is 16.9 Å². The highest BCUT2D eigenvalue weighted by atomic mass is 32.2. The number of amides is 2. The maximum Gasteiger partial charge on any atom is 0.270 e. The third-order valence-electron chi connectivity index (χ3n) is 5.35. The first-order chi connectivity index (χ1) is 17.4. The average Bonchev–Trinajstić information content (AvgIpc) is 3.16. The van der Waals surface area contributed by atoms with Crippen molar-refractivity contribution < 1.29 is 19.1 Å². The minimum atomic E-state index is -0.300. The summed E-state index contributed by atoms with van der Waals surface area (Å²) in [7, 11) is 5.47. The van der Waals surface area contributed by atoms with E-state index < -0.39 is 0 Å². The van der Waals surface area contributed by atoms with Gasteiger partial charge in [-0.15, -0.1) is 0 Å². The molecule has 1 N–H and O–H groups in total. The molecule has 2 amide bonds. The van der Waals surface area contributed by atoms with E-state index in [1.165, 1.54) is 11.8 Å². The lowest BCUT2D eigenvalue weighted by molar-refractivity contribution is -0.118. The summed E-state index contributed by atoms with van der Waals surface area (Å²) in [6, 6.07) is 22.0. The Morgan fingerprint density at radius 3 is 2.42 bits per heavy atom. The van der Waals surface area contributed by atoms with E-state index >= 15 is 0 Å². The van der Waals surface area contributed by atoms with Crippen LogP contribution in [0, 0.1) is 0 Å². The molecule has 3 aromatic rings. The highest BCUT2D eigenvalue weighted by Gasteiger charge is 2.33. The van der Waals surface area contributed by atoms with Crippen molar-refractivity contribution in [3.63, 3.8) is 0 Å². The van der Waals surface area contributed by atoms with Gasteiger partial charge in [0.2, 0.25) is 0 Å². The fourth-order valence-electron chi connectivity index (χ4n) is 3.48. The van der Waals surface area contributed by atoms with Crippen LogP contribution in [-0.4, -0.2) is 43.9 Å². The van der Waals surface area contributed by atoms with Gasteiger partial charge in [-0.25, -0.2) is 0 Å². The molecule has 0 atom stereocenters. The molecule has 0 aliphatic carbocycles. The molecule has 1 heterocycles. The summed E-state index contributed by atoms with van der Waals surface area (Å²) >= 11 is 6.74. The van der Waals surface area contributed by atoms with E-state index in [4.69, 9.17) is 21.7 Å². The number of carbonyl (C=O) groups is 2. The number of nitrogens with zero attached hydrogens (tertiary/aromatic N) is 2. The maximum atomic E-state index is 13.0. The fraction of sp³-hybridized carbons (Fsp3) is 0.148. The molecule has 3 aromatic carbocycles. The van der Waals surface area contributed by atoms with Crippen LogP contribution >= 0.6 is 24.0 Å². The normalized spacial score (nSPS) is 14.2. The Morgan fingerprint density at radius 1 is 1.06 bits per heavy atom. The van der Waals surface area contributed by atoms with E-state index in [2.05, 4.69) is 5.32 Å². The number of benzene rings is 3. The molecule has 1 aliphatic heterocycles. The standard InChI is InChI=1S/C27H25N3O4S2/c1-29(2)19-10-12-20(13-11-19)30-26(32)24(36-27(30)35)16-18-8-14-21(15-9-18)34-17-25(31)28-22-6-4-5-7-23(22)33-3/h4-16H,17H2,1-3H3,(H,28,31)/b24-16-. The van der Waals surface area contributed by atoms with E-state index in [1.807, 2.05) is 67.5 Å². The zero-order valence-corrected chi connectivity index (χ0v) is 21.7. The summed E-state index contributed by atoms with van der Waals surface area (Å²) in [5.41, 5.74) is 3.18. The van der Waals surface area contributed by atoms with Gasteiger partial charge in [0.1, 0.15) is 11.5 Å². The molecule has 7 nitrogen and oxygen atoms in total. The summed E-state index contributed by atoms with van der Waals surface area (Å²) in [6.07, 6.45) is 1.80. The highest BCUT2D eigenvalue weighted by Crippen LogP contribution is 2.36. The van der Waals surface area contributed by atoms with Crippen molar-refractivity contribution in [3.05, 3.63) is 83.3 Å². The molecule has 0 saturated carbocycles. The molecule has 0 radical (unpaired) electrons. The second-order valence-corrected chi connectivity index (χ2v) is 9.71. The van der Waals surface area contributed by atoms with Crippen LogP contribution in [0.1, 0.15) is 5.56 Å². The Labute approximate surface area is 219 Å². The third-order valence-corrected chi connectivity index (χ3v) is 6.65. The quantitative estimate of drug-likeness (QED) is 0.325. The Morgan fingerprint density at radius 2 is 1.75 bits per heavy atom. The van der Waals surface area contributed by atoms with Gasteiger partial charge in [0, 0.05) is 19.8 Å². The van der Waals surface area contributed by atoms with Gasteiger partial charge < -0.3 is 19.7 Å². The summed E-state index contributed by atoms with van der Waals surface area (Å²) in [4.78, 5) is 29.4. The number of ether oxygens (including phenoxy) is 2. The van der Waals surface area contributed by atoms with Gasteiger partial charge in [-0.3, -0.25) is 14.5 Å². The average molecular weight is 520 g/mol. The minimum absolute atomic E-state index is 0.150. The van der Waals surface area contributed by atoms with Crippen LogP contribution in [-0.2, 0) is 9.59 Å². The summed E-state index contributed by atoms with van der Waals surface area (Å²) in [6.45, 7) is -0.150. The lowest BCUT2D eigenvalue weighted by Gasteiger charge is -2.17. The molecule has 1 saturated heterocycles. The van der Waals surface area contributed by atoms with Crippen LogP contribution < -0.4 is 24.6 Å². The number of hydrogen-bond donors (Lipinski definition) is 1. The zero-order valence-electron chi connectivity index (χ0n) is 20.1. The Bertz CT molecular complexity index is 1310. The van der Waals surface area contributed by atoms with Crippen molar-refractivity contribution in [1.82, 2.24) is 0 Å². The molecule has 9 heteroatoms. The van der Waals surface area contributed by atoms with E-state index in [9.17, 15) is 9.59 Å². The fourth-order valence-corrected chi connectivity index (χ4v) is 4.78. The monoisotopic (exact) mass is 519 g/mol. The van der Waals surface area contributed by atoms with Gasteiger partial charge in [0.05, 0.1) is 23.4 Å². The molecule has 1 aliphatic rings. The maximum absolute atomic E-state index is 13.0. The van der Waals surface area contributed by atoms with Gasteiger partial charge >= 0.3 is 0 Å². The predicted octanol–water partition coefficient (Wildman–Crippen LogP) is 5.18. The molecule has 0 unspecified atom stereocenters. The Balaban J connectivity index is 1.37. The summed E-state index contributed by atoms with van der Waals surface area (Å²) in [5.74, 6) is 0.656. The van der Waals surface area contributed by atoms with Crippen molar-refractivity contribution in [2.45, 2.75) is 0 Å². The van der Waals surface area contributed by atoms with Crippen LogP contribution in [0.4, 0.5) is 17.1 Å². The van der Waals surface area contributed by atoms with E-state index in [-0.39, 0.29) is 18.4 Å². The summed E-state index contributed by atoms with van der Waals surface area (Å²) in [5, 5.41) is 2.77. The van der Waals surface area contributed by atoms with Crippen molar-refractivity contribution in [3.8, 4) is 11.5 Å². The third kappa shape index (κ3) is 5.87. The van der Waals surface area contributed by atoms with Crippen molar-refractivity contribution in [2.75, 3.05) is 42.9 Å². The summed E-state index contributed by atoms with van der Waals surface area (Å²) < 4.78 is 11.3. The largest absolute Gasteiger partial charge is 0.495 e. The van der Waals surface area contributed by atoms with Crippen LogP contribution in [0.5, 0.6) is 11.5 Å². The first kappa shape index (κ1) is 25.3. The van der Waals surface area contributed by atoms with Gasteiger partial charge in [-0.05, 0) is 60.2 Å². The Kier molecular flexibility index (Phi) is 7.92. The second kappa shape index (κ2) is 11.3. The number of anilines is 3.